The molecule has 1 aromatic rings. The molecule has 3 atom stereocenters. The quantitative estimate of drug-likeness (QED) is 0.838. The number of carbonyl (C=O) groups excluding carboxylic acids is 1. The number of thiophene rings is 1. The SMILES string of the molecule is C[C@H](N[C@@H](C)[C@@H]1CCCO1)C(=O)NCc1cccs1. The van der Waals surface area contributed by atoms with E-state index < -0.39 is 0 Å². The summed E-state index contributed by atoms with van der Waals surface area (Å²) in [5, 5.41) is 8.28. The first kappa shape index (κ1) is 14.5. The van der Waals surface area contributed by atoms with Gasteiger partial charge in [-0.15, -0.1) is 11.3 Å². The van der Waals surface area contributed by atoms with Gasteiger partial charge in [0.1, 0.15) is 0 Å². The summed E-state index contributed by atoms with van der Waals surface area (Å²) in [6.45, 7) is 5.43. The molecule has 1 amide bonds. The van der Waals surface area contributed by atoms with Crippen LogP contribution in [0.25, 0.3) is 0 Å². The van der Waals surface area contributed by atoms with Crippen molar-refractivity contribution < 1.29 is 9.53 Å². The fourth-order valence-corrected chi connectivity index (χ4v) is 2.96. The topological polar surface area (TPSA) is 50.4 Å². The first-order valence-electron chi connectivity index (χ1n) is 6.84. The van der Waals surface area contributed by atoms with Gasteiger partial charge in [-0.3, -0.25) is 4.79 Å². The Labute approximate surface area is 118 Å². The van der Waals surface area contributed by atoms with Crippen LogP contribution in [0.2, 0.25) is 0 Å². The number of hydrogen-bond donors (Lipinski definition) is 2. The molecule has 19 heavy (non-hydrogen) atoms. The van der Waals surface area contributed by atoms with E-state index in [9.17, 15) is 4.79 Å². The molecule has 0 unspecified atom stereocenters. The average molecular weight is 282 g/mol. The van der Waals surface area contributed by atoms with E-state index in [1.54, 1.807) is 11.3 Å². The maximum atomic E-state index is 12.0. The smallest absolute Gasteiger partial charge is 0.237 e. The zero-order valence-electron chi connectivity index (χ0n) is 11.5. The van der Waals surface area contributed by atoms with Crippen molar-refractivity contribution in [3.63, 3.8) is 0 Å². The van der Waals surface area contributed by atoms with Gasteiger partial charge >= 0.3 is 0 Å². The molecule has 0 bridgehead atoms. The molecular formula is C14H22N2O2S. The first-order valence-corrected chi connectivity index (χ1v) is 7.72. The summed E-state index contributed by atoms with van der Waals surface area (Å²) in [6, 6.07) is 4.04. The zero-order chi connectivity index (χ0) is 13.7. The van der Waals surface area contributed by atoms with E-state index in [0.717, 1.165) is 19.4 Å². The fraction of sp³-hybridized carbons (Fsp3) is 0.643. The van der Waals surface area contributed by atoms with E-state index >= 15 is 0 Å². The summed E-state index contributed by atoms with van der Waals surface area (Å²) in [4.78, 5) is 13.2. The molecule has 2 rings (SSSR count). The summed E-state index contributed by atoms with van der Waals surface area (Å²) >= 11 is 1.66. The van der Waals surface area contributed by atoms with Crippen LogP contribution in [-0.4, -0.2) is 30.7 Å². The van der Waals surface area contributed by atoms with Crippen molar-refractivity contribution >= 4 is 17.2 Å². The van der Waals surface area contributed by atoms with Crippen molar-refractivity contribution in [3.05, 3.63) is 22.4 Å². The van der Waals surface area contributed by atoms with E-state index in [-0.39, 0.29) is 24.1 Å². The third kappa shape index (κ3) is 4.30. The van der Waals surface area contributed by atoms with Gasteiger partial charge in [0.2, 0.25) is 5.91 Å². The lowest BCUT2D eigenvalue weighted by Gasteiger charge is -2.23. The van der Waals surface area contributed by atoms with Gasteiger partial charge in [-0.1, -0.05) is 6.07 Å². The van der Waals surface area contributed by atoms with Gasteiger partial charge in [-0.05, 0) is 38.1 Å². The lowest BCUT2D eigenvalue weighted by Crippen LogP contribution is -2.49. The van der Waals surface area contributed by atoms with Crippen molar-refractivity contribution in [3.8, 4) is 0 Å². The van der Waals surface area contributed by atoms with Crippen LogP contribution in [0.4, 0.5) is 0 Å². The highest BCUT2D eigenvalue weighted by Gasteiger charge is 2.25. The zero-order valence-corrected chi connectivity index (χ0v) is 12.3. The largest absolute Gasteiger partial charge is 0.377 e. The number of amides is 1. The first-order chi connectivity index (χ1) is 9.16. The molecule has 0 saturated carbocycles. The minimum absolute atomic E-state index is 0.0400. The molecule has 1 fully saturated rings. The van der Waals surface area contributed by atoms with Crippen molar-refractivity contribution in [1.82, 2.24) is 10.6 Å². The summed E-state index contributed by atoms with van der Waals surface area (Å²) < 4.78 is 5.62. The second-order valence-electron chi connectivity index (χ2n) is 5.03. The maximum absolute atomic E-state index is 12.0. The Bertz CT molecular complexity index is 388. The number of ether oxygens (including phenoxy) is 1. The molecule has 2 heterocycles. The Balaban J connectivity index is 1.72. The van der Waals surface area contributed by atoms with Crippen molar-refractivity contribution in [2.75, 3.05) is 6.61 Å². The lowest BCUT2D eigenvalue weighted by molar-refractivity contribution is -0.123. The van der Waals surface area contributed by atoms with Crippen molar-refractivity contribution in [2.24, 2.45) is 0 Å². The Morgan fingerprint density at radius 1 is 1.58 bits per heavy atom. The van der Waals surface area contributed by atoms with Crippen molar-refractivity contribution in [1.29, 1.82) is 0 Å². The fourth-order valence-electron chi connectivity index (χ4n) is 2.31. The molecule has 0 aromatic carbocycles. The molecule has 0 aliphatic carbocycles. The Morgan fingerprint density at radius 2 is 2.42 bits per heavy atom. The van der Waals surface area contributed by atoms with Crippen LogP contribution in [-0.2, 0) is 16.1 Å². The van der Waals surface area contributed by atoms with E-state index in [1.165, 1.54) is 4.88 Å². The summed E-state index contributed by atoms with van der Waals surface area (Å²) in [5.41, 5.74) is 0. The number of carbonyl (C=O) groups is 1. The Morgan fingerprint density at radius 3 is 3.05 bits per heavy atom. The van der Waals surface area contributed by atoms with Crippen LogP contribution in [0.3, 0.4) is 0 Å². The van der Waals surface area contributed by atoms with Crippen LogP contribution in [0, 0.1) is 0 Å². The maximum Gasteiger partial charge on any atom is 0.237 e. The van der Waals surface area contributed by atoms with Crippen LogP contribution >= 0.6 is 11.3 Å². The monoisotopic (exact) mass is 282 g/mol. The summed E-state index contributed by atoms with van der Waals surface area (Å²) in [7, 11) is 0. The van der Waals surface area contributed by atoms with Crippen LogP contribution in [0.1, 0.15) is 31.6 Å². The van der Waals surface area contributed by atoms with Gasteiger partial charge in [0.25, 0.3) is 0 Å². The third-order valence-corrected chi connectivity index (χ3v) is 4.32. The predicted octanol–water partition coefficient (Wildman–Crippen LogP) is 1.91. The summed E-state index contributed by atoms with van der Waals surface area (Å²) in [5.74, 6) is 0.0400. The molecule has 1 aromatic heterocycles. The van der Waals surface area contributed by atoms with Crippen LogP contribution < -0.4 is 10.6 Å². The van der Waals surface area contributed by atoms with Gasteiger partial charge < -0.3 is 15.4 Å². The van der Waals surface area contributed by atoms with Gasteiger partial charge in [0, 0.05) is 17.5 Å². The second kappa shape index (κ2) is 7.03. The molecule has 106 valence electrons. The molecule has 1 aliphatic heterocycles. The van der Waals surface area contributed by atoms with Crippen molar-refractivity contribution in [2.45, 2.75) is 51.4 Å². The molecule has 2 N–H and O–H groups in total. The Kier molecular flexibility index (Phi) is 5.36. The van der Waals surface area contributed by atoms with Gasteiger partial charge in [-0.2, -0.15) is 0 Å². The molecule has 1 aliphatic rings. The minimum atomic E-state index is -0.195. The van der Waals surface area contributed by atoms with Crippen LogP contribution in [0.5, 0.6) is 0 Å². The highest BCUT2D eigenvalue weighted by atomic mass is 32.1. The predicted molar refractivity (Wildman–Crippen MR) is 77.2 cm³/mol. The lowest BCUT2D eigenvalue weighted by atomic mass is 10.1. The number of rotatable bonds is 6. The van der Waals surface area contributed by atoms with Gasteiger partial charge in [0.05, 0.1) is 18.7 Å². The molecular weight excluding hydrogens is 260 g/mol. The second-order valence-corrected chi connectivity index (χ2v) is 6.06. The molecule has 1 saturated heterocycles. The molecule has 0 spiro atoms. The van der Waals surface area contributed by atoms with E-state index in [4.69, 9.17) is 4.74 Å². The molecule has 5 heteroatoms. The van der Waals surface area contributed by atoms with E-state index in [1.807, 2.05) is 24.4 Å². The third-order valence-electron chi connectivity index (χ3n) is 3.45. The summed E-state index contributed by atoms with van der Waals surface area (Å²) in [6.07, 6.45) is 2.44. The number of hydrogen-bond acceptors (Lipinski definition) is 4. The highest BCUT2D eigenvalue weighted by molar-refractivity contribution is 7.09. The standard InChI is InChI=1S/C14H22N2O2S/c1-10(13-6-3-7-18-13)16-11(2)14(17)15-9-12-5-4-8-19-12/h4-5,8,10-11,13,16H,3,6-7,9H2,1-2H3,(H,15,17)/t10-,11-,13-/m0/s1. The van der Waals surface area contributed by atoms with Gasteiger partial charge in [0.15, 0.2) is 0 Å². The molecule has 4 nitrogen and oxygen atoms in total. The minimum Gasteiger partial charge on any atom is -0.377 e. The normalized spacial score (nSPS) is 22.1. The van der Waals surface area contributed by atoms with E-state index in [0.29, 0.717) is 6.54 Å². The number of nitrogens with one attached hydrogen (secondary N) is 2. The Hall–Kier alpha value is -0.910. The average Bonchev–Trinajstić information content (AvgIpc) is 3.08. The van der Waals surface area contributed by atoms with Crippen LogP contribution in [0.15, 0.2) is 17.5 Å². The highest BCUT2D eigenvalue weighted by Crippen LogP contribution is 2.15. The van der Waals surface area contributed by atoms with Gasteiger partial charge in [-0.25, -0.2) is 0 Å². The van der Waals surface area contributed by atoms with E-state index in [2.05, 4.69) is 17.6 Å². The molecule has 0 radical (unpaired) electrons.